The molecule has 2 aliphatic rings. The van der Waals surface area contributed by atoms with Crippen molar-refractivity contribution in [3.8, 4) is 11.1 Å². The van der Waals surface area contributed by atoms with Crippen molar-refractivity contribution in [2.45, 2.75) is 42.0 Å². The van der Waals surface area contributed by atoms with Gasteiger partial charge in [-0.3, -0.25) is 4.90 Å². The Morgan fingerprint density at radius 3 is 2.48 bits per heavy atom. The zero-order valence-corrected chi connectivity index (χ0v) is 20.4. The lowest BCUT2D eigenvalue weighted by atomic mass is 9.74. The van der Waals surface area contributed by atoms with E-state index < -0.39 is 10.0 Å². The quantitative estimate of drug-likeness (QED) is 0.588. The van der Waals surface area contributed by atoms with Gasteiger partial charge in [-0.15, -0.1) is 11.3 Å². The maximum Gasteiger partial charge on any atom is 0.252 e. The summed E-state index contributed by atoms with van der Waals surface area (Å²) in [5.74, 6) is 0.112. The highest BCUT2D eigenvalue weighted by molar-refractivity contribution is 7.91. The van der Waals surface area contributed by atoms with E-state index in [0.29, 0.717) is 17.3 Å². The highest BCUT2D eigenvalue weighted by Crippen LogP contribution is 2.43. The number of thiophene rings is 1. The Labute approximate surface area is 200 Å². The maximum atomic E-state index is 13.3. The second-order valence-electron chi connectivity index (χ2n) is 9.07. The third kappa shape index (κ3) is 4.29. The summed E-state index contributed by atoms with van der Waals surface area (Å²) in [5.41, 5.74) is 4.75. The molecule has 0 saturated carbocycles. The van der Waals surface area contributed by atoms with E-state index >= 15 is 0 Å². The Kier molecular flexibility index (Phi) is 6.42. The molecule has 3 aromatic rings. The molecule has 33 heavy (non-hydrogen) atoms. The number of rotatable bonds is 5. The standard InChI is InChI=1S/C26H30N2O3S2/c1-19-6-4-7-22(16-19)20-9-11-21(12-10-20)26-23-17-27(33(30,31)25-8-5-15-32-25)13-2-3-14-28(23)24(26)18-29/h4-12,15-16,23-24,26,29H,2-3,13-14,17-18H2,1H3/t23-,24+,26-/m0/s1. The van der Waals surface area contributed by atoms with Crippen molar-refractivity contribution < 1.29 is 13.5 Å². The van der Waals surface area contributed by atoms with Crippen LogP contribution in [0.1, 0.15) is 29.9 Å². The van der Waals surface area contributed by atoms with Gasteiger partial charge in [-0.1, -0.05) is 60.2 Å². The molecule has 0 unspecified atom stereocenters. The molecule has 3 heterocycles. The van der Waals surface area contributed by atoms with Crippen molar-refractivity contribution in [1.29, 1.82) is 0 Å². The predicted octanol–water partition coefficient (Wildman–Crippen LogP) is 4.34. The highest BCUT2D eigenvalue weighted by Gasteiger charge is 2.50. The Morgan fingerprint density at radius 1 is 1.00 bits per heavy atom. The van der Waals surface area contributed by atoms with Gasteiger partial charge in [0.2, 0.25) is 0 Å². The number of hydrogen-bond donors (Lipinski definition) is 1. The maximum absolute atomic E-state index is 13.3. The minimum atomic E-state index is -3.49. The third-order valence-electron chi connectivity index (χ3n) is 7.07. The van der Waals surface area contributed by atoms with E-state index in [-0.39, 0.29) is 24.6 Å². The molecule has 0 bridgehead atoms. The minimum Gasteiger partial charge on any atom is -0.395 e. The number of benzene rings is 2. The van der Waals surface area contributed by atoms with Crippen LogP contribution in [0.15, 0.2) is 70.3 Å². The summed E-state index contributed by atoms with van der Waals surface area (Å²) in [6.45, 7) is 4.09. The third-order valence-corrected chi connectivity index (χ3v) is 10.3. The molecule has 1 aromatic heterocycles. The van der Waals surface area contributed by atoms with Crippen molar-refractivity contribution >= 4 is 21.4 Å². The van der Waals surface area contributed by atoms with Crippen molar-refractivity contribution in [1.82, 2.24) is 9.21 Å². The lowest BCUT2D eigenvalue weighted by Crippen LogP contribution is -2.67. The number of aliphatic hydroxyl groups is 1. The summed E-state index contributed by atoms with van der Waals surface area (Å²) in [5, 5.41) is 12.0. The number of hydrogen-bond acceptors (Lipinski definition) is 5. The fraction of sp³-hybridized carbons (Fsp3) is 0.385. The molecule has 0 radical (unpaired) electrons. The first-order valence-electron chi connectivity index (χ1n) is 11.6. The van der Waals surface area contributed by atoms with Gasteiger partial charge >= 0.3 is 0 Å². The van der Waals surface area contributed by atoms with E-state index in [1.54, 1.807) is 16.4 Å². The van der Waals surface area contributed by atoms with E-state index in [1.165, 1.54) is 33.6 Å². The Hall–Kier alpha value is -2.03. The molecule has 0 amide bonds. The second-order valence-corrected chi connectivity index (χ2v) is 12.2. The molecule has 2 aliphatic heterocycles. The van der Waals surface area contributed by atoms with Crippen LogP contribution in [-0.2, 0) is 10.0 Å². The molecule has 7 heteroatoms. The zero-order chi connectivity index (χ0) is 23.0. The second kappa shape index (κ2) is 9.31. The first-order chi connectivity index (χ1) is 16.0. The molecular formula is C26H30N2O3S2. The largest absolute Gasteiger partial charge is 0.395 e. The van der Waals surface area contributed by atoms with Crippen LogP contribution in [0.5, 0.6) is 0 Å². The van der Waals surface area contributed by atoms with E-state index in [2.05, 4.69) is 60.4 Å². The molecule has 1 N–H and O–H groups in total. The summed E-state index contributed by atoms with van der Waals surface area (Å²) < 4.78 is 28.6. The van der Waals surface area contributed by atoms with Gasteiger partial charge in [0.05, 0.1) is 6.61 Å². The van der Waals surface area contributed by atoms with Crippen molar-refractivity contribution in [3.63, 3.8) is 0 Å². The fourth-order valence-electron chi connectivity index (χ4n) is 5.39. The van der Waals surface area contributed by atoms with Crippen LogP contribution < -0.4 is 0 Å². The van der Waals surface area contributed by atoms with E-state index in [9.17, 15) is 13.5 Å². The SMILES string of the molecule is Cc1cccc(-c2ccc([C@@H]3[C@@H](CO)N4CCCCN(S(=O)(=O)c5cccs5)C[C@@H]34)cc2)c1. The molecule has 174 valence electrons. The van der Waals surface area contributed by atoms with Gasteiger partial charge < -0.3 is 5.11 Å². The van der Waals surface area contributed by atoms with Gasteiger partial charge in [-0.25, -0.2) is 8.42 Å². The lowest BCUT2D eigenvalue weighted by Gasteiger charge is -2.57. The number of aryl methyl sites for hydroxylation is 1. The summed E-state index contributed by atoms with van der Waals surface area (Å²) in [6.07, 6.45) is 1.77. The molecular weight excluding hydrogens is 452 g/mol. The average molecular weight is 483 g/mol. The van der Waals surface area contributed by atoms with Gasteiger partial charge in [0.25, 0.3) is 10.0 Å². The summed E-state index contributed by atoms with van der Waals surface area (Å²) in [4.78, 5) is 2.31. The molecule has 2 saturated heterocycles. The number of aliphatic hydroxyl groups excluding tert-OH is 1. The number of sulfonamides is 1. The average Bonchev–Trinajstić information content (AvgIpc) is 3.34. The van der Waals surface area contributed by atoms with Gasteiger partial charge in [-0.05, 0) is 54.4 Å². The van der Waals surface area contributed by atoms with Crippen LogP contribution in [0.3, 0.4) is 0 Å². The molecule has 3 atom stereocenters. The Morgan fingerprint density at radius 2 is 1.79 bits per heavy atom. The minimum absolute atomic E-state index is 0.0317. The Bertz CT molecular complexity index is 1190. The van der Waals surface area contributed by atoms with Gasteiger partial charge in [0, 0.05) is 31.1 Å². The molecule has 5 nitrogen and oxygen atoms in total. The zero-order valence-electron chi connectivity index (χ0n) is 18.8. The monoisotopic (exact) mass is 482 g/mol. The summed E-state index contributed by atoms with van der Waals surface area (Å²) in [6, 6.07) is 20.6. The van der Waals surface area contributed by atoms with Crippen molar-refractivity contribution in [2.24, 2.45) is 0 Å². The smallest absolute Gasteiger partial charge is 0.252 e. The summed E-state index contributed by atoms with van der Waals surface area (Å²) >= 11 is 1.28. The van der Waals surface area contributed by atoms with Gasteiger partial charge in [-0.2, -0.15) is 4.31 Å². The topological polar surface area (TPSA) is 60.9 Å². The summed E-state index contributed by atoms with van der Waals surface area (Å²) in [7, 11) is -3.49. The molecule has 5 rings (SSSR count). The van der Waals surface area contributed by atoms with E-state index in [0.717, 1.165) is 19.4 Å². The van der Waals surface area contributed by atoms with Crippen LogP contribution in [0, 0.1) is 6.92 Å². The van der Waals surface area contributed by atoms with Crippen molar-refractivity contribution in [3.05, 3.63) is 77.2 Å². The van der Waals surface area contributed by atoms with Crippen LogP contribution >= 0.6 is 11.3 Å². The number of nitrogens with zero attached hydrogens (tertiary/aromatic N) is 2. The molecule has 2 fully saturated rings. The molecule has 0 aliphatic carbocycles. The number of fused-ring (bicyclic) bond motifs is 1. The highest BCUT2D eigenvalue weighted by atomic mass is 32.2. The van der Waals surface area contributed by atoms with Crippen LogP contribution in [0.4, 0.5) is 0 Å². The van der Waals surface area contributed by atoms with Gasteiger partial charge in [0.15, 0.2) is 0 Å². The fourth-order valence-corrected chi connectivity index (χ4v) is 8.03. The molecule has 2 aromatic carbocycles. The van der Waals surface area contributed by atoms with Crippen LogP contribution in [-0.4, -0.2) is 61.1 Å². The first-order valence-corrected chi connectivity index (χ1v) is 13.9. The molecule has 0 spiro atoms. The normalized spacial score (nSPS) is 24.5. The van der Waals surface area contributed by atoms with E-state index in [4.69, 9.17) is 0 Å². The Balaban J connectivity index is 1.42. The predicted molar refractivity (Wildman–Crippen MR) is 133 cm³/mol. The van der Waals surface area contributed by atoms with Crippen LogP contribution in [0.2, 0.25) is 0 Å². The first kappa shape index (κ1) is 22.7. The van der Waals surface area contributed by atoms with Crippen molar-refractivity contribution in [2.75, 3.05) is 26.2 Å². The lowest BCUT2D eigenvalue weighted by molar-refractivity contribution is -0.0553. The van der Waals surface area contributed by atoms with Crippen LogP contribution in [0.25, 0.3) is 11.1 Å². The van der Waals surface area contributed by atoms with Gasteiger partial charge in [0.1, 0.15) is 4.21 Å². The van der Waals surface area contributed by atoms with E-state index in [1.807, 2.05) is 5.38 Å².